The number of benzene rings is 4. The van der Waals surface area contributed by atoms with Crippen LogP contribution in [-0.2, 0) is 9.59 Å². The van der Waals surface area contributed by atoms with Crippen molar-refractivity contribution in [2.24, 2.45) is 0 Å². The maximum atomic E-state index is 13.5. The highest BCUT2D eigenvalue weighted by Gasteiger charge is 2.21. The molecule has 4 aromatic carbocycles. The molecule has 0 aliphatic carbocycles. The minimum Gasteiger partial charge on any atom is -0.321 e. The molecule has 5 aromatic rings. The van der Waals surface area contributed by atoms with Gasteiger partial charge in [-0.1, -0.05) is 84.8 Å². The van der Waals surface area contributed by atoms with E-state index in [9.17, 15) is 14.4 Å². The molecule has 1 atom stereocenters. The summed E-state index contributed by atoms with van der Waals surface area (Å²) in [6.45, 7) is 5.99. The second kappa shape index (κ2) is 15.7. The van der Waals surface area contributed by atoms with E-state index >= 15 is 0 Å². The first kappa shape index (κ1) is 33.7. The Hall–Kier alpha value is -4.70. The highest BCUT2D eigenvalue weighted by molar-refractivity contribution is 8.00. The van der Waals surface area contributed by atoms with Gasteiger partial charge in [-0.05, 0) is 74.4 Å². The van der Waals surface area contributed by atoms with Gasteiger partial charge in [-0.3, -0.25) is 14.4 Å². The van der Waals surface area contributed by atoms with Crippen molar-refractivity contribution >= 4 is 69.3 Å². The van der Waals surface area contributed by atoms with Crippen LogP contribution in [0.2, 0.25) is 5.02 Å². The molecular formula is C37H33ClN4O3S2. The monoisotopic (exact) mass is 680 g/mol. The molecule has 3 N–H and O–H groups in total. The Morgan fingerprint density at radius 1 is 0.894 bits per heavy atom. The third-order valence-electron chi connectivity index (χ3n) is 7.10. The predicted octanol–water partition coefficient (Wildman–Crippen LogP) is 9.00. The van der Waals surface area contributed by atoms with Gasteiger partial charge in [0, 0.05) is 31.6 Å². The van der Waals surface area contributed by atoms with Gasteiger partial charge in [-0.2, -0.15) is 0 Å². The number of carbonyl (C=O) groups is 3. The van der Waals surface area contributed by atoms with Gasteiger partial charge in [-0.15, -0.1) is 23.1 Å². The normalized spacial score (nSPS) is 11.9. The molecule has 238 valence electrons. The third-order valence-corrected chi connectivity index (χ3v) is 9.59. The first-order valence-corrected chi connectivity index (χ1v) is 17.0. The van der Waals surface area contributed by atoms with E-state index in [0.29, 0.717) is 33.4 Å². The molecule has 0 aliphatic rings. The molecule has 0 saturated carbocycles. The van der Waals surface area contributed by atoms with Gasteiger partial charge < -0.3 is 16.0 Å². The van der Waals surface area contributed by atoms with Crippen LogP contribution < -0.4 is 16.0 Å². The van der Waals surface area contributed by atoms with E-state index in [-0.39, 0.29) is 11.6 Å². The van der Waals surface area contributed by atoms with Gasteiger partial charge >= 0.3 is 0 Å². The fraction of sp³-hybridized carbons (Fsp3) is 0.135. The summed E-state index contributed by atoms with van der Waals surface area (Å²) < 4.78 is 0. The van der Waals surface area contributed by atoms with Crippen molar-refractivity contribution in [1.29, 1.82) is 0 Å². The van der Waals surface area contributed by atoms with Gasteiger partial charge in [0.1, 0.15) is 5.70 Å². The second-order valence-corrected chi connectivity index (χ2v) is 13.6. The molecule has 5 rings (SSSR count). The number of aryl methyl sites for hydroxylation is 2. The number of thioether (sulfide) groups is 1. The minimum atomic E-state index is -0.500. The van der Waals surface area contributed by atoms with E-state index in [1.165, 1.54) is 28.7 Å². The maximum absolute atomic E-state index is 13.5. The lowest BCUT2D eigenvalue weighted by Gasteiger charge is -2.15. The average Bonchev–Trinajstić information content (AvgIpc) is 3.44. The van der Waals surface area contributed by atoms with Gasteiger partial charge in [0.25, 0.3) is 11.8 Å². The number of hydrogen-bond donors (Lipinski definition) is 3. The number of nitrogens with zero attached hydrogens (tertiary/aromatic N) is 1. The van der Waals surface area contributed by atoms with Crippen LogP contribution in [0.15, 0.2) is 114 Å². The van der Waals surface area contributed by atoms with E-state index in [0.717, 1.165) is 21.0 Å². The number of carbonyl (C=O) groups excluding carboxylic acids is 3. The zero-order valence-corrected chi connectivity index (χ0v) is 28.4. The second-order valence-electron chi connectivity index (χ2n) is 10.7. The van der Waals surface area contributed by atoms with Crippen molar-refractivity contribution in [1.82, 2.24) is 10.3 Å². The molecule has 3 amide bonds. The van der Waals surface area contributed by atoms with E-state index in [1.807, 2.05) is 63.2 Å². The van der Waals surface area contributed by atoms with Crippen molar-refractivity contribution in [3.63, 3.8) is 0 Å². The Morgan fingerprint density at radius 3 is 2.32 bits per heavy atom. The van der Waals surface area contributed by atoms with Crippen molar-refractivity contribution in [2.75, 3.05) is 10.6 Å². The molecule has 0 radical (unpaired) electrons. The summed E-state index contributed by atoms with van der Waals surface area (Å²) in [7, 11) is 0. The highest BCUT2D eigenvalue weighted by Crippen LogP contribution is 2.33. The number of halogens is 1. The number of aromatic nitrogens is 1. The number of nitrogens with one attached hydrogen (secondary N) is 3. The zero-order valence-electron chi connectivity index (χ0n) is 26.0. The summed E-state index contributed by atoms with van der Waals surface area (Å²) in [6, 6.07) is 31.0. The van der Waals surface area contributed by atoms with E-state index in [2.05, 4.69) is 16.0 Å². The fourth-order valence-corrected chi connectivity index (χ4v) is 6.59. The summed E-state index contributed by atoms with van der Waals surface area (Å²) >= 11 is 8.89. The van der Waals surface area contributed by atoms with Crippen LogP contribution in [0.3, 0.4) is 0 Å². The van der Waals surface area contributed by atoms with Crippen molar-refractivity contribution < 1.29 is 14.4 Å². The Morgan fingerprint density at radius 2 is 1.62 bits per heavy atom. The lowest BCUT2D eigenvalue weighted by atomic mass is 10.1. The highest BCUT2D eigenvalue weighted by atomic mass is 35.5. The molecular weight excluding hydrogens is 648 g/mol. The summed E-state index contributed by atoms with van der Waals surface area (Å²) in [4.78, 5) is 46.3. The number of thiazole rings is 1. The quantitative estimate of drug-likeness (QED) is 0.0955. The van der Waals surface area contributed by atoms with Gasteiger partial charge in [-0.25, -0.2) is 4.98 Å². The number of amides is 3. The smallest absolute Gasteiger partial charge is 0.272 e. The number of anilines is 2. The molecule has 47 heavy (non-hydrogen) atoms. The van der Waals surface area contributed by atoms with Crippen molar-refractivity contribution in [2.45, 2.75) is 37.3 Å². The molecule has 0 spiro atoms. The lowest BCUT2D eigenvalue weighted by Crippen LogP contribution is -2.30. The van der Waals surface area contributed by atoms with Gasteiger partial charge in [0.2, 0.25) is 5.91 Å². The third kappa shape index (κ3) is 9.19. The molecule has 0 saturated heterocycles. The Bertz CT molecular complexity index is 1910. The van der Waals surface area contributed by atoms with E-state index < -0.39 is 17.1 Å². The average molecular weight is 681 g/mol. The topological polar surface area (TPSA) is 100 Å². The summed E-state index contributed by atoms with van der Waals surface area (Å²) in [6.07, 6.45) is 2.18. The first-order valence-electron chi connectivity index (χ1n) is 15.0. The Balaban J connectivity index is 1.28. The maximum Gasteiger partial charge on any atom is 0.272 e. The fourth-order valence-electron chi connectivity index (χ4n) is 4.62. The molecule has 0 bridgehead atoms. The van der Waals surface area contributed by atoms with Crippen LogP contribution in [0.25, 0.3) is 17.3 Å². The Kier molecular flexibility index (Phi) is 11.3. The Labute approximate surface area is 287 Å². The van der Waals surface area contributed by atoms with Crippen LogP contribution in [0.4, 0.5) is 10.8 Å². The van der Waals surface area contributed by atoms with E-state index in [1.54, 1.807) is 66.7 Å². The predicted molar refractivity (Wildman–Crippen MR) is 194 cm³/mol. The van der Waals surface area contributed by atoms with Crippen molar-refractivity contribution in [3.8, 4) is 11.3 Å². The first-order chi connectivity index (χ1) is 22.7. The van der Waals surface area contributed by atoms with Crippen LogP contribution in [0.1, 0.15) is 39.7 Å². The summed E-state index contributed by atoms with van der Waals surface area (Å²) in [5, 5.41) is 9.35. The number of hydrogen-bond acceptors (Lipinski definition) is 6. The van der Waals surface area contributed by atoms with Crippen LogP contribution in [0.5, 0.6) is 0 Å². The number of rotatable bonds is 11. The minimum absolute atomic E-state index is 0.0637. The molecule has 1 unspecified atom stereocenters. The largest absolute Gasteiger partial charge is 0.321 e. The molecule has 0 fully saturated rings. The van der Waals surface area contributed by atoms with Crippen LogP contribution in [-0.4, -0.2) is 28.0 Å². The van der Waals surface area contributed by atoms with E-state index in [4.69, 9.17) is 16.6 Å². The molecule has 1 heterocycles. The van der Waals surface area contributed by atoms with Crippen LogP contribution >= 0.6 is 34.7 Å². The standard InChI is InChI=1S/C37H33ClN4O3S2/c1-4-32(36(45)42-37-41-33(24(3)46-37)26-17-13-23(2)14-18-26)47-30-12-8-11-29(22-30)39-35(44)31(21-25-15-19-28(38)20-16-25)40-34(43)27-9-6-5-7-10-27/h5-22,32H,4H2,1-3H3,(H,39,44)(H,40,43)(H,41,42,45)/b31-21-. The lowest BCUT2D eigenvalue weighted by molar-refractivity contribution is -0.116. The van der Waals surface area contributed by atoms with Crippen LogP contribution in [0, 0.1) is 13.8 Å². The van der Waals surface area contributed by atoms with Crippen molar-refractivity contribution in [3.05, 3.63) is 135 Å². The molecule has 1 aromatic heterocycles. The van der Waals surface area contributed by atoms with Gasteiger partial charge in [0.15, 0.2) is 5.13 Å². The molecule has 7 nitrogen and oxygen atoms in total. The molecule has 10 heteroatoms. The SMILES string of the molecule is CCC(Sc1cccc(NC(=O)/C(=C/c2ccc(Cl)cc2)NC(=O)c2ccccc2)c1)C(=O)Nc1nc(-c2ccc(C)cc2)c(C)s1. The van der Waals surface area contributed by atoms with Gasteiger partial charge in [0.05, 0.1) is 10.9 Å². The zero-order chi connectivity index (χ0) is 33.3. The summed E-state index contributed by atoms with van der Waals surface area (Å²) in [5.74, 6) is -1.06. The summed E-state index contributed by atoms with van der Waals surface area (Å²) in [5.41, 5.74) is 4.73. The molecule has 0 aliphatic heterocycles.